The van der Waals surface area contributed by atoms with Crippen molar-refractivity contribution in [1.29, 1.82) is 0 Å². The van der Waals surface area contributed by atoms with Gasteiger partial charge in [0.2, 0.25) is 0 Å². The van der Waals surface area contributed by atoms with Crippen LogP contribution in [-0.4, -0.2) is 5.91 Å². The highest BCUT2D eigenvalue weighted by molar-refractivity contribution is 6.08. The van der Waals surface area contributed by atoms with Crippen molar-refractivity contribution >= 4 is 28.3 Å². The lowest BCUT2D eigenvalue weighted by Gasteiger charge is -2.10. The molecule has 3 rings (SSSR count). The Morgan fingerprint density at radius 2 is 1.77 bits per heavy atom. The molecule has 1 aromatic heterocycles. The minimum absolute atomic E-state index is 0.131. The Morgan fingerprint density at radius 3 is 2.55 bits per heavy atom. The van der Waals surface area contributed by atoms with Gasteiger partial charge in [-0.3, -0.25) is 4.79 Å². The third-order valence-corrected chi connectivity index (χ3v) is 3.52. The smallest absolute Gasteiger partial charge is 0.360 e. The first-order chi connectivity index (χ1) is 10.6. The second-order valence-corrected chi connectivity index (χ2v) is 4.93. The van der Waals surface area contributed by atoms with Crippen molar-refractivity contribution < 1.29 is 9.21 Å². The van der Waals surface area contributed by atoms with Gasteiger partial charge in [-0.15, -0.1) is 0 Å². The zero-order chi connectivity index (χ0) is 15.7. The van der Waals surface area contributed by atoms with Crippen molar-refractivity contribution in [3.8, 4) is 0 Å². The van der Waals surface area contributed by atoms with Crippen LogP contribution in [0.25, 0.3) is 11.0 Å². The second-order valence-electron chi connectivity index (χ2n) is 4.93. The number of para-hydroxylation sites is 2. The number of amides is 1. The molecule has 0 bridgehead atoms. The van der Waals surface area contributed by atoms with E-state index in [1.165, 1.54) is 0 Å². The van der Waals surface area contributed by atoms with Gasteiger partial charge in [-0.2, -0.15) is 0 Å². The minimum Gasteiger partial charge on any atom is -0.421 e. The van der Waals surface area contributed by atoms with Crippen LogP contribution in [0.3, 0.4) is 0 Å². The van der Waals surface area contributed by atoms with Crippen molar-refractivity contribution in [3.05, 3.63) is 70.1 Å². The summed E-state index contributed by atoms with van der Waals surface area (Å²) >= 11 is 0. The van der Waals surface area contributed by atoms with E-state index in [2.05, 4.69) is 5.32 Å². The van der Waals surface area contributed by atoms with Gasteiger partial charge in [-0.1, -0.05) is 30.3 Å². The Labute approximate surface area is 126 Å². The van der Waals surface area contributed by atoms with Crippen LogP contribution < -0.4 is 16.7 Å². The SMILES string of the molecule is Cc1c(NC(=O)c2ccccc2N)c(=O)oc2ccccc12. The van der Waals surface area contributed by atoms with Crippen LogP contribution in [0.5, 0.6) is 0 Å². The molecule has 2 aromatic carbocycles. The molecule has 3 N–H and O–H groups in total. The fourth-order valence-corrected chi connectivity index (χ4v) is 2.33. The predicted octanol–water partition coefficient (Wildman–Crippen LogP) is 2.94. The van der Waals surface area contributed by atoms with Crippen LogP contribution in [0.1, 0.15) is 15.9 Å². The van der Waals surface area contributed by atoms with Crippen molar-refractivity contribution in [3.63, 3.8) is 0 Å². The maximum atomic E-state index is 12.3. The largest absolute Gasteiger partial charge is 0.421 e. The van der Waals surface area contributed by atoms with Crippen LogP contribution in [0.2, 0.25) is 0 Å². The van der Waals surface area contributed by atoms with Gasteiger partial charge in [0.1, 0.15) is 11.3 Å². The standard InChI is InChI=1S/C17H14N2O3/c1-10-11-6-3-5-9-14(11)22-17(21)15(10)19-16(20)12-7-2-4-8-13(12)18/h2-9H,18H2,1H3,(H,19,20). The lowest BCUT2D eigenvalue weighted by Crippen LogP contribution is -2.20. The second kappa shape index (κ2) is 5.37. The van der Waals surface area contributed by atoms with Gasteiger partial charge in [-0.05, 0) is 30.7 Å². The van der Waals surface area contributed by atoms with E-state index >= 15 is 0 Å². The summed E-state index contributed by atoms with van der Waals surface area (Å²) in [5.41, 5.74) is 7.14. The summed E-state index contributed by atoms with van der Waals surface area (Å²) in [4.78, 5) is 24.4. The Balaban J connectivity index is 2.06. The van der Waals surface area contributed by atoms with Crippen LogP contribution in [0, 0.1) is 6.92 Å². The van der Waals surface area contributed by atoms with Gasteiger partial charge in [0, 0.05) is 11.1 Å². The van der Waals surface area contributed by atoms with Crippen molar-refractivity contribution in [2.45, 2.75) is 6.92 Å². The molecule has 0 aliphatic heterocycles. The minimum atomic E-state index is -0.584. The van der Waals surface area contributed by atoms with Crippen LogP contribution in [-0.2, 0) is 0 Å². The molecule has 0 saturated carbocycles. The number of anilines is 2. The molecule has 0 aliphatic carbocycles. The lowest BCUT2D eigenvalue weighted by molar-refractivity contribution is 0.102. The van der Waals surface area contributed by atoms with E-state index in [9.17, 15) is 9.59 Å². The monoisotopic (exact) mass is 294 g/mol. The van der Waals surface area contributed by atoms with Crippen LogP contribution >= 0.6 is 0 Å². The Morgan fingerprint density at radius 1 is 1.09 bits per heavy atom. The van der Waals surface area contributed by atoms with Crippen molar-refractivity contribution in [2.75, 3.05) is 11.1 Å². The van der Waals surface area contributed by atoms with E-state index in [0.29, 0.717) is 22.4 Å². The van der Waals surface area contributed by atoms with E-state index in [1.54, 1.807) is 43.3 Å². The highest BCUT2D eigenvalue weighted by Crippen LogP contribution is 2.22. The molecule has 0 atom stereocenters. The summed E-state index contributed by atoms with van der Waals surface area (Å²) in [7, 11) is 0. The normalized spacial score (nSPS) is 10.6. The van der Waals surface area contributed by atoms with E-state index in [-0.39, 0.29) is 5.69 Å². The number of nitrogens with one attached hydrogen (secondary N) is 1. The molecule has 0 unspecified atom stereocenters. The summed E-state index contributed by atoms with van der Waals surface area (Å²) in [6, 6.07) is 13.9. The van der Waals surface area contributed by atoms with Gasteiger partial charge in [0.05, 0.1) is 5.56 Å². The summed E-state index contributed by atoms with van der Waals surface area (Å²) in [5, 5.41) is 3.38. The Hall–Kier alpha value is -3.08. The van der Waals surface area contributed by atoms with E-state index < -0.39 is 11.5 Å². The first-order valence-corrected chi connectivity index (χ1v) is 6.76. The lowest BCUT2D eigenvalue weighted by atomic mass is 10.1. The molecule has 0 radical (unpaired) electrons. The van der Waals surface area contributed by atoms with Crippen LogP contribution in [0.15, 0.2) is 57.7 Å². The van der Waals surface area contributed by atoms with Gasteiger partial charge in [-0.25, -0.2) is 4.79 Å². The van der Waals surface area contributed by atoms with Gasteiger partial charge in [0.15, 0.2) is 0 Å². The fourth-order valence-electron chi connectivity index (χ4n) is 2.33. The average molecular weight is 294 g/mol. The molecular formula is C17H14N2O3. The number of nitrogens with two attached hydrogens (primary N) is 1. The topological polar surface area (TPSA) is 85.3 Å². The molecule has 5 nitrogen and oxygen atoms in total. The highest BCUT2D eigenvalue weighted by atomic mass is 16.4. The molecule has 1 heterocycles. The first-order valence-electron chi connectivity index (χ1n) is 6.76. The number of fused-ring (bicyclic) bond motifs is 1. The third-order valence-electron chi connectivity index (χ3n) is 3.52. The Bertz CT molecular complexity index is 929. The number of nitrogen functional groups attached to an aromatic ring is 1. The molecule has 0 aliphatic rings. The first kappa shape index (κ1) is 13.9. The van der Waals surface area contributed by atoms with Gasteiger partial charge >= 0.3 is 5.63 Å². The predicted molar refractivity (Wildman–Crippen MR) is 86.0 cm³/mol. The van der Waals surface area contributed by atoms with Crippen LogP contribution in [0.4, 0.5) is 11.4 Å². The van der Waals surface area contributed by atoms with Gasteiger partial charge < -0.3 is 15.5 Å². The zero-order valence-electron chi connectivity index (χ0n) is 11.9. The van der Waals surface area contributed by atoms with Gasteiger partial charge in [0.25, 0.3) is 5.91 Å². The molecule has 22 heavy (non-hydrogen) atoms. The number of carbonyl (C=O) groups excluding carboxylic acids is 1. The zero-order valence-corrected chi connectivity index (χ0v) is 11.9. The molecule has 110 valence electrons. The number of carbonyl (C=O) groups is 1. The average Bonchev–Trinajstić information content (AvgIpc) is 2.51. The quantitative estimate of drug-likeness (QED) is 0.562. The third kappa shape index (κ3) is 2.33. The van der Waals surface area contributed by atoms with E-state index in [1.807, 2.05) is 12.1 Å². The van der Waals surface area contributed by atoms with Crippen molar-refractivity contribution in [1.82, 2.24) is 0 Å². The molecule has 1 amide bonds. The maximum absolute atomic E-state index is 12.3. The van der Waals surface area contributed by atoms with Crippen molar-refractivity contribution in [2.24, 2.45) is 0 Å². The highest BCUT2D eigenvalue weighted by Gasteiger charge is 2.16. The number of benzene rings is 2. The fraction of sp³-hybridized carbons (Fsp3) is 0.0588. The molecule has 0 fully saturated rings. The Kier molecular flexibility index (Phi) is 3.39. The molecule has 3 aromatic rings. The van der Waals surface area contributed by atoms with E-state index in [4.69, 9.17) is 10.2 Å². The molecule has 0 saturated heterocycles. The number of aryl methyl sites for hydroxylation is 1. The summed E-state index contributed by atoms with van der Waals surface area (Å²) < 4.78 is 5.24. The molecule has 5 heteroatoms. The van der Waals surface area contributed by atoms with E-state index in [0.717, 1.165) is 5.39 Å². The molecular weight excluding hydrogens is 280 g/mol. The number of hydrogen-bond acceptors (Lipinski definition) is 4. The maximum Gasteiger partial charge on any atom is 0.360 e. The number of hydrogen-bond donors (Lipinski definition) is 2. The number of rotatable bonds is 2. The summed E-state index contributed by atoms with van der Waals surface area (Å²) in [6.07, 6.45) is 0. The molecule has 0 spiro atoms. The summed E-state index contributed by atoms with van der Waals surface area (Å²) in [5.74, 6) is -0.441. The summed E-state index contributed by atoms with van der Waals surface area (Å²) in [6.45, 7) is 1.77.